The molecule has 0 saturated carbocycles. The van der Waals surface area contributed by atoms with Gasteiger partial charge in [0.25, 0.3) is 5.91 Å². The van der Waals surface area contributed by atoms with Crippen molar-refractivity contribution in [2.24, 2.45) is 0 Å². The molecule has 1 unspecified atom stereocenters. The lowest BCUT2D eigenvalue weighted by Gasteiger charge is -2.17. The molecule has 0 heterocycles. The molecule has 2 aromatic carbocycles. The normalized spacial score (nSPS) is 11.9. The Morgan fingerprint density at radius 1 is 1.25 bits per heavy atom. The zero-order chi connectivity index (χ0) is 14.5. The number of hydrogen-bond acceptors (Lipinski definition) is 2. The molecule has 0 aliphatic heterocycles. The van der Waals surface area contributed by atoms with Gasteiger partial charge in [-0.3, -0.25) is 4.79 Å². The topological polar surface area (TPSA) is 49.3 Å². The fraction of sp³-hybridized carbons (Fsp3) is 0.188. The van der Waals surface area contributed by atoms with Crippen LogP contribution in [-0.4, -0.2) is 17.6 Å². The monoisotopic (exact) mass is 273 g/mol. The first-order valence-corrected chi connectivity index (χ1v) is 6.34. The summed E-state index contributed by atoms with van der Waals surface area (Å²) in [7, 11) is 0. The Balaban J connectivity index is 2.17. The van der Waals surface area contributed by atoms with E-state index in [1.165, 1.54) is 18.2 Å². The summed E-state index contributed by atoms with van der Waals surface area (Å²) in [5.41, 5.74) is 1.79. The van der Waals surface area contributed by atoms with E-state index in [9.17, 15) is 14.3 Å². The van der Waals surface area contributed by atoms with Gasteiger partial charge < -0.3 is 10.4 Å². The predicted octanol–water partition coefficient (Wildman–Crippen LogP) is 2.60. The largest absolute Gasteiger partial charge is 0.394 e. The molecule has 0 spiro atoms. The molecule has 20 heavy (non-hydrogen) atoms. The van der Waals surface area contributed by atoms with Crippen molar-refractivity contribution in [3.8, 4) is 0 Å². The van der Waals surface area contributed by atoms with E-state index in [0.29, 0.717) is 11.1 Å². The van der Waals surface area contributed by atoms with Crippen LogP contribution in [0.4, 0.5) is 4.39 Å². The van der Waals surface area contributed by atoms with Gasteiger partial charge in [-0.2, -0.15) is 0 Å². The highest BCUT2D eigenvalue weighted by molar-refractivity contribution is 5.95. The number of halogens is 1. The zero-order valence-corrected chi connectivity index (χ0v) is 11.1. The highest BCUT2D eigenvalue weighted by atomic mass is 19.1. The Labute approximate surface area is 117 Å². The maximum Gasteiger partial charge on any atom is 0.252 e. The number of aryl methyl sites for hydroxylation is 1. The van der Waals surface area contributed by atoms with Crippen molar-refractivity contribution in [3.05, 3.63) is 71.0 Å². The molecule has 2 aromatic rings. The molecular formula is C16H16FNO2. The number of aliphatic hydroxyl groups excluding tert-OH is 1. The Kier molecular flexibility index (Phi) is 4.48. The summed E-state index contributed by atoms with van der Waals surface area (Å²) in [4.78, 5) is 12.2. The summed E-state index contributed by atoms with van der Waals surface area (Å²) in [5, 5.41) is 12.2. The number of amides is 1. The molecule has 2 N–H and O–H groups in total. The Hall–Kier alpha value is -2.20. The van der Waals surface area contributed by atoms with Gasteiger partial charge in [0, 0.05) is 5.56 Å². The van der Waals surface area contributed by atoms with Crippen LogP contribution < -0.4 is 5.32 Å². The molecule has 0 radical (unpaired) electrons. The lowest BCUT2D eigenvalue weighted by molar-refractivity contribution is 0.0915. The van der Waals surface area contributed by atoms with Crippen molar-refractivity contribution in [2.45, 2.75) is 13.0 Å². The second kappa shape index (κ2) is 6.30. The van der Waals surface area contributed by atoms with E-state index < -0.39 is 6.04 Å². The van der Waals surface area contributed by atoms with E-state index in [4.69, 9.17) is 0 Å². The van der Waals surface area contributed by atoms with Crippen LogP contribution in [0, 0.1) is 12.7 Å². The molecule has 1 amide bonds. The van der Waals surface area contributed by atoms with Crippen LogP contribution in [0.15, 0.2) is 48.5 Å². The SMILES string of the molecule is Cc1cc(F)ccc1C(=O)NC(CO)c1ccccc1. The maximum absolute atomic E-state index is 13.0. The molecule has 0 fully saturated rings. The zero-order valence-electron chi connectivity index (χ0n) is 11.1. The van der Waals surface area contributed by atoms with E-state index >= 15 is 0 Å². The predicted molar refractivity (Wildman–Crippen MR) is 74.9 cm³/mol. The number of benzene rings is 2. The first kappa shape index (κ1) is 14.2. The standard InChI is InChI=1S/C16H16FNO2/c1-11-9-13(17)7-8-14(11)16(20)18-15(10-19)12-5-3-2-4-6-12/h2-9,15,19H,10H2,1H3,(H,18,20). The van der Waals surface area contributed by atoms with Crippen molar-refractivity contribution in [1.29, 1.82) is 0 Å². The third-order valence-electron chi connectivity index (χ3n) is 3.12. The Bertz CT molecular complexity index is 599. The summed E-state index contributed by atoms with van der Waals surface area (Å²) >= 11 is 0. The molecule has 104 valence electrons. The second-order valence-corrected chi connectivity index (χ2v) is 4.58. The van der Waals surface area contributed by atoms with Gasteiger partial charge in [-0.1, -0.05) is 30.3 Å². The smallest absolute Gasteiger partial charge is 0.252 e. The van der Waals surface area contributed by atoms with Gasteiger partial charge in [0.2, 0.25) is 0 Å². The third-order valence-corrected chi connectivity index (χ3v) is 3.12. The van der Waals surface area contributed by atoms with Gasteiger partial charge in [-0.05, 0) is 36.2 Å². The van der Waals surface area contributed by atoms with Crippen LogP contribution in [0.1, 0.15) is 27.5 Å². The average molecular weight is 273 g/mol. The molecule has 1 atom stereocenters. The number of carbonyl (C=O) groups excluding carboxylic acids is 1. The highest BCUT2D eigenvalue weighted by Gasteiger charge is 2.16. The van der Waals surface area contributed by atoms with E-state index in [-0.39, 0.29) is 18.3 Å². The first-order chi connectivity index (χ1) is 9.61. The molecule has 4 heteroatoms. The van der Waals surface area contributed by atoms with Crippen LogP contribution in [0.3, 0.4) is 0 Å². The van der Waals surface area contributed by atoms with Crippen molar-refractivity contribution in [3.63, 3.8) is 0 Å². The van der Waals surface area contributed by atoms with Gasteiger partial charge in [0.05, 0.1) is 12.6 Å². The van der Waals surface area contributed by atoms with Crippen molar-refractivity contribution < 1.29 is 14.3 Å². The van der Waals surface area contributed by atoms with Crippen LogP contribution >= 0.6 is 0 Å². The third kappa shape index (κ3) is 3.22. The van der Waals surface area contributed by atoms with Gasteiger partial charge in [-0.25, -0.2) is 4.39 Å². The summed E-state index contributed by atoms with van der Waals surface area (Å²) in [5.74, 6) is -0.703. The first-order valence-electron chi connectivity index (χ1n) is 6.34. The number of nitrogens with one attached hydrogen (secondary N) is 1. The number of hydrogen-bond donors (Lipinski definition) is 2. The van der Waals surface area contributed by atoms with Crippen molar-refractivity contribution in [1.82, 2.24) is 5.32 Å². The number of aliphatic hydroxyl groups is 1. The minimum absolute atomic E-state index is 0.198. The van der Waals surface area contributed by atoms with Gasteiger partial charge >= 0.3 is 0 Å². The van der Waals surface area contributed by atoms with E-state index in [0.717, 1.165) is 5.56 Å². The lowest BCUT2D eigenvalue weighted by atomic mass is 10.0. The maximum atomic E-state index is 13.0. The van der Waals surface area contributed by atoms with Crippen molar-refractivity contribution >= 4 is 5.91 Å². The minimum Gasteiger partial charge on any atom is -0.394 e. The summed E-state index contributed by atoms with van der Waals surface area (Å²) in [6, 6.07) is 12.7. The summed E-state index contributed by atoms with van der Waals surface area (Å²) in [6.07, 6.45) is 0. The summed E-state index contributed by atoms with van der Waals surface area (Å²) in [6.45, 7) is 1.48. The van der Waals surface area contributed by atoms with E-state index in [2.05, 4.69) is 5.32 Å². The quantitative estimate of drug-likeness (QED) is 0.899. The van der Waals surface area contributed by atoms with Crippen LogP contribution in [0.2, 0.25) is 0 Å². The summed E-state index contributed by atoms with van der Waals surface area (Å²) < 4.78 is 13.0. The fourth-order valence-electron chi connectivity index (χ4n) is 2.04. The molecule has 2 rings (SSSR count). The van der Waals surface area contributed by atoms with Crippen LogP contribution in [0.5, 0.6) is 0 Å². The molecule has 3 nitrogen and oxygen atoms in total. The average Bonchev–Trinajstić information content (AvgIpc) is 2.45. The van der Waals surface area contributed by atoms with Gasteiger partial charge in [-0.15, -0.1) is 0 Å². The Morgan fingerprint density at radius 2 is 1.95 bits per heavy atom. The minimum atomic E-state index is -0.479. The molecule has 0 aliphatic rings. The van der Waals surface area contributed by atoms with Gasteiger partial charge in [0.15, 0.2) is 0 Å². The number of carbonyl (C=O) groups is 1. The fourth-order valence-corrected chi connectivity index (χ4v) is 2.04. The molecule has 0 saturated heterocycles. The highest BCUT2D eigenvalue weighted by Crippen LogP contribution is 2.15. The lowest BCUT2D eigenvalue weighted by Crippen LogP contribution is -2.31. The molecular weight excluding hydrogens is 257 g/mol. The molecule has 0 aromatic heterocycles. The van der Waals surface area contributed by atoms with E-state index in [1.54, 1.807) is 6.92 Å². The van der Waals surface area contributed by atoms with Gasteiger partial charge in [0.1, 0.15) is 5.82 Å². The van der Waals surface area contributed by atoms with Crippen LogP contribution in [0.25, 0.3) is 0 Å². The molecule has 0 bridgehead atoms. The molecule has 0 aliphatic carbocycles. The Morgan fingerprint density at radius 3 is 2.55 bits per heavy atom. The van der Waals surface area contributed by atoms with Crippen molar-refractivity contribution in [2.75, 3.05) is 6.61 Å². The van der Waals surface area contributed by atoms with Crippen LogP contribution in [-0.2, 0) is 0 Å². The number of rotatable bonds is 4. The second-order valence-electron chi connectivity index (χ2n) is 4.58. The van der Waals surface area contributed by atoms with E-state index in [1.807, 2.05) is 30.3 Å².